The predicted molar refractivity (Wildman–Crippen MR) is 45.6 cm³/mol. The molecule has 0 unspecified atom stereocenters. The molecule has 0 aliphatic carbocycles. The Balaban J connectivity index is 0. The summed E-state index contributed by atoms with van der Waals surface area (Å²) >= 11 is 5.05. The quantitative estimate of drug-likeness (QED) is 0.519. The average molecular weight is 143 g/mol. The van der Waals surface area contributed by atoms with E-state index in [2.05, 4.69) is 19.7 Å². The Kier molecular flexibility index (Phi) is 19.3. The van der Waals surface area contributed by atoms with E-state index in [0.29, 0.717) is 0 Å². The molecule has 0 fully saturated rings. The third kappa shape index (κ3) is 39.5. The Bertz CT molecular complexity index is 95.1. The third-order valence-electron chi connectivity index (χ3n) is 0.375. The third-order valence-corrected chi connectivity index (χ3v) is 0.521. The molecule has 50 valence electrons. The van der Waals surface area contributed by atoms with Gasteiger partial charge in [-0.2, -0.15) is 0 Å². The molecule has 0 aromatic carbocycles. The summed E-state index contributed by atoms with van der Waals surface area (Å²) in [6.45, 7) is 10.1. The summed E-state index contributed by atoms with van der Waals surface area (Å²) < 4.78 is 0. The van der Waals surface area contributed by atoms with Gasteiger partial charge in [-0.1, -0.05) is 55.6 Å². The van der Waals surface area contributed by atoms with Crippen molar-refractivity contribution in [3.8, 4) is 0 Å². The van der Waals surface area contributed by atoms with Crippen LogP contribution < -0.4 is 0 Å². The van der Waals surface area contributed by atoms with Gasteiger partial charge in [-0.3, -0.25) is 0 Å². The Hall–Kier alpha value is -0.750. The van der Waals surface area contributed by atoms with Crippen molar-refractivity contribution in [2.45, 2.75) is 0 Å². The Morgan fingerprint density at radius 1 is 0.889 bits per heavy atom. The van der Waals surface area contributed by atoms with Crippen LogP contribution in [0.15, 0.2) is 49.6 Å². The fourth-order valence-electron chi connectivity index (χ4n) is 0.0514. The van der Waals surface area contributed by atoms with Crippen molar-refractivity contribution in [2.24, 2.45) is 0 Å². The molecule has 0 aliphatic heterocycles. The van der Waals surface area contributed by atoms with Gasteiger partial charge in [0.05, 0.1) is 0 Å². The molecule has 0 heterocycles. The lowest BCUT2D eigenvalue weighted by molar-refractivity contribution is 2.11. The van der Waals surface area contributed by atoms with Crippen LogP contribution in [0.25, 0.3) is 0 Å². The van der Waals surface area contributed by atoms with E-state index in [1.54, 1.807) is 24.3 Å². The summed E-state index contributed by atoms with van der Waals surface area (Å²) in [6, 6.07) is 0. The van der Waals surface area contributed by atoms with Crippen LogP contribution in [-0.4, -0.2) is 0 Å². The molecule has 0 nitrogen and oxygen atoms in total. The maximum Gasteiger partial charge on any atom is 0.00422 e. The van der Waals surface area contributed by atoms with E-state index in [1.807, 2.05) is 0 Å². The van der Waals surface area contributed by atoms with Gasteiger partial charge in [0, 0.05) is 5.54 Å². The number of rotatable bonds is 2. The van der Waals surface area contributed by atoms with Crippen LogP contribution in [0.3, 0.4) is 0 Å². The maximum atomic E-state index is 5.05. The standard InChI is InChI=1S/C4H5Cl.C4H6/c1-2-3-4-5;1-3-4-2/h2-4H,1H2;3-4H,1-2H2. The molecule has 0 spiro atoms. The largest absolute Gasteiger partial charge is 0.0991 e. The molecular formula is C8H11Cl. The van der Waals surface area contributed by atoms with Gasteiger partial charge in [0.1, 0.15) is 0 Å². The second-order valence-corrected chi connectivity index (χ2v) is 1.28. The molecule has 0 amide bonds. The lowest BCUT2D eigenvalue weighted by atomic mass is 10.6. The van der Waals surface area contributed by atoms with Gasteiger partial charge in [-0.05, 0) is 0 Å². The summed E-state index contributed by atoms with van der Waals surface area (Å²) in [4.78, 5) is 0. The second kappa shape index (κ2) is 15.7. The van der Waals surface area contributed by atoms with Crippen molar-refractivity contribution in [3.63, 3.8) is 0 Å². The molecule has 0 bridgehead atoms. The minimum Gasteiger partial charge on any atom is -0.0991 e. The minimum atomic E-state index is 1.41. The van der Waals surface area contributed by atoms with E-state index in [0.717, 1.165) is 0 Å². The van der Waals surface area contributed by atoms with Crippen molar-refractivity contribution in [3.05, 3.63) is 49.6 Å². The van der Waals surface area contributed by atoms with Gasteiger partial charge in [-0.15, -0.1) is 0 Å². The summed E-state index contributed by atoms with van der Waals surface area (Å²) in [5.41, 5.74) is 1.41. The van der Waals surface area contributed by atoms with Gasteiger partial charge in [0.2, 0.25) is 0 Å². The van der Waals surface area contributed by atoms with Crippen LogP contribution in [0.1, 0.15) is 0 Å². The number of halogens is 1. The van der Waals surface area contributed by atoms with E-state index in [1.165, 1.54) is 5.54 Å². The molecule has 0 aromatic rings. The minimum absolute atomic E-state index is 1.41. The fourth-order valence-corrected chi connectivity index (χ4v) is 0.154. The van der Waals surface area contributed by atoms with Crippen molar-refractivity contribution in [1.82, 2.24) is 0 Å². The zero-order chi connectivity index (χ0) is 7.54. The van der Waals surface area contributed by atoms with Crippen LogP contribution >= 0.6 is 11.6 Å². The molecule has 0 aliphatic rings. The second-order valence-electron chi connectivity index (χ2n) is 1.03. The highest BCUT2D eigenvalue weighted by Crippen LogP contribution is 1.74. The number of hydrogen-bond acceptors (Lipinski definition) is 0. The van der Waals surface area contributed by atoms with Crippen molar-refractivity contribution in [1.29, 1.82) is 0 Å². The van der Waals surface area contributed by atoms with Gasteiger partial charge >= 0.3 is 0 Å². The first-order valence-corrected chi connectivity index (χ1v) is 2.88. The van der Waals surface area contributed by atoms with Crippen LogP contribution in [0.5, 0.6) is 0 Å². The topological polar surface area (TPSA) is 0 Å². The first-order valence-electron chi connectivity index (χ1n) is 2.44. The Morgan fingerprint density at radius 3 is 1.33 bits per heavy atom. The summed E-state index contributed by atoms with van der Waals surface area (Å²) in [5.74, 6) is 0. The lowest BCUT2D eigenvalue weighted by Gasteiger charge is -1.53. The summed E-state index contributed by atoms with van der Waals surface area (Å²) in [5, 5.41) is 0. The van der Waals surface area contributed by atoms with Crippen LogP contribution in [0.2, 0.25) is 0 Å². The molecule has 0 rings (SSSR count). The SMILES string of the molecule is C=CC=C.C=CC=CCl. The number of allylic oxidation sites excluding steroid dienone is 4. The van der Waals surface area contributed by atoms with Crippen LogP contribution in [0, 0.1) is 0 Å². The lowest BCUT2D eigenvalue weighted by Crippen LogP contribution is -1.29. The molecule has 0 saturated heterocycles. The van der Waals surface area contributed by atoms with Gasteiger partial charge in [0.25, 0.3) is 0 Å². The molecule has 0 radical (unpaired) electrons. The fraction of sp³-hybridized carbons (Fsp3) is 0. The van der Waals surface area contributed by atoms with E-state index >= 15 is 0 Å². The zero-order valence-corrected chi connectivity index (χ0v) is 6.14. The molecule has 0 N–H and O–H groups in total. The van der Waals surface area contributed by atoms with Gasteiger partial charge in [0.15, 0.2) is 0 Å². The zero-order valence-electron chi connectivity index (χ0n) is 5.39. The molecule has 1 heteroatoms. The van der Waals surface area contributed by atoms with E-state index in [4.69, 9.17) is 11.6 Å². The molecule has 0 aromatic heterocycles. The number of hydrogen-bond donors (Lipinski definition) is 0. The summed E-state index contributed by atoms with van der Waals surface area (Å²) in [6.07, 6.45) is 6.55. The van der Waals surface area contributed by atoms with Crippen LogP contribution in [-0.2, 0) is 0 Å². The summed E-state index contributed by atoms with van der Waals surface area (Å²) in [7, 11) is 0. The van der Waals surface area contributed by atoms with E-state index < -0.39 is 0 Å². The predicted octanol–water partition coefficient (Wildman–Crippen LogP) is 3.28. The monoisotopic (exact) mass is 142 g/mol. The van der Waals surface area contributed by atoms with Gasteiger partial charge in [-0.25, -0.2) is 0 Å². The molecule has 0 atom stereocenters. The Morgan fingerprint density at radius 2 is 1.33 bits per heavy atom. The van der Waals surface area contributed by atoms with Crippen molar-refractivity contribution in [2.75, 3.05) is 0 Å². The van der Waals surface area contributed by atoms with Crippen molar-refractivity contribution >= 4 is 11.6 Å². The van der Waals surface area contributed by atoms with E-state index in [-0.39, 0.29) is 0 Å². The van der Waals surface area contributed by atoms with Gasteiger partial charge < -0.3 is 0 Å². The highest BCUT2D eigenvalue weighted by atomic mass is 35.5. The molecule has 0 saturated carbocycles. The highest BCUT2D eigenvalue weighted by Gasteiger charge is 1.44. The first kappa shape index (κ1) is 11.1. The average Bonchev–Trinajstić information content (AvgIpc) is 1.91. The Labute approximate surface area is 61.8 Å². The molecule has 9 heavy (non-hydrogen) atoms. The van der Waals surface area contributed by atoms with Crippen LogP contribution in [0.4, 0.5) is 0 Å². The normalized spacial score (nSPS) is 7.22. The molecular weight excluding hydrogens is 132 g/mol. The highest BCUT2D eigenvalue weighted by molar-refractivity contribution is 6.25. The first-order chi connectivity index (χ1) is 4.33. The smallest absolute Gasteiger partial charge is 0.00422 e. The maximum absolute atomic E-state index is 5.05. The van der Waals surface area contributed by atoms with E-state index in [9.17, 15) is 0 Å². The van der Waals surface area contributed by atoms with Crippen molar-refractivity contribution < 1.29 is 0 Å².